The van der Waals surface area contributed by atoms with Gasteiger partial charge in [-0.15, -0.1) is 10.2 Å². The van der Waals surface area contributed by atoms with Gasteiger partial charge in [0.2, 0.25) is 5.89 Å². The first kappa shape index (κ1) is 17.9. The number of aryl methyl sites for hydroxylation is 1. The molecule has 3 aromatic rings. The Morgan fingerprint density at radius 1 is 1.31 bits per heavy atom. The molecule has 1 atom stereocenters. The first-order valence-electron chi connectivity index (χ1n) is 7.80. The van der Waals surface area contributed by atoms with Crippen molar-refractivity contribution in [3.05, 3.63) is 50.9 Å². The van der Waals surface area contributed by atoms with Gasteiger partial charge in [0.05, 0.1) is 7.11 Å². The van der Waals surface area contributed by atoms with Gasteiger partial charge < -0.3 is 13.9 Å². The third-order valence-corrected chi connectivity index (χ3v) is 4.58. The van der Waals surface area contributed by atoms with Gasteiger partial charge in [0, 0.05) is 16.6 Å². The van der Waals surface area contributed by atoms with Crippen LogP contribution in [0.15, 0.2) is 38.9 Å². The number of esters is 1. The fraction of sp³-hybridized carbons (Fsp3) is 0.294. The van der Waals surface area contributed by atoms with Crippen LogP contribution in [0.25, 0.3) is 11.5 Å². The van der Waals surface area contributed by atoms with Crippen LogP contribution in [0.3, 0.4) is 0 Å². The highest BCUT2D eigenvalue weighted by Crippen LogP contribution is 2.24. The summed E-state index contributed by atoms with van der Waals surface area (Å²) in [6.45, 7) is 3.23. The summed E-state index contributed by atoms with van der Waals surface area (Å²) in [4.78, 5) is 23.5. The van der Waals surface area contributed by atoms with E-state index in [-0.39, 0.29) is 17.3 Å². The summed E-state index contributed by atoms with van der Waals surface area (Å²) in [5, 5.41) is 9.59. The summed E-state index contributed by atoms with van der Waals surface area (Å²) >= 11 is 1.04. The molecule has 2 heterocycles. The lowest BCUT2D eigenvalue weighted by atomic mass is 10.2. The molecule has 136 valence electrons. The standard InChI is InChI=1S/C17H17N3O5S/c1-10-9-26-17(22)20(10)8-14(21)24-11(2)15-18-19-16(25-15)12-4-6-13(23-3)7-5-12/h4-7,9,11H,8H2,1-3H3/t11-/m1/s1. The van der Waals surface area contributed by atoms with Crippen molar-refractivity contribution in [2.24, 2.45) is 0 Å². The SMILES string of the molecule is COc1ccc(-c2nnc([C@@H](C)OC(=O)Cn3c(C)csc3=O)o2)cc1. The molecular formula is C17H17N3O5S. The fourth-order valence-electron chi connectivity index (χ4n) is 2.26. The lowest BCUT2D eigenvalue weighted by Gasteiger charge is -2.10. The van der Waals surface area contributed by atoms with Crippen molar-refractivity contribution in [1.82, 2.24) is 14.8 Å². The first-order chi connectivity index (χ1) is 12.5. The Balaban J connectivity index is 1.66. The van der Waals surface area contributed by atoms with Crippen molar-refractivity contribution < 1.29 is 18.7 Å². The molecule has 0 radical (unpaired) electrons. The molecule has 0 unspecified atom stereocenters. The molecule has 0 saturated heterocycles. The number of nitrogens with zero attached hydrogens (tertiary/aromatic N) is 3. The summed E-state index contributed by atoms with van der Waals surface area (Å²) in [6, 6.07) is 7.14. The van der Waals surface area contributed by atoms with Gasteiger partial charge in [0.1, 0.15) is 12.3 Å². The predicted octanol–water partition coefficient (Wildman–Crippen LogP) is 2.58. The van der Waals surface area contributed by atoms with E-state index in [1.54, 1.807) is 50.6 Å². The molecule has 0 aliphatic heterocycles. The molecule has 0 aliphatic rings. The fourth-order valence-corrected chi connectivity index (χ4v) is 2.99. The lowest BCUT2D eigenvalue weighted by Crippen LogP contribution is -2.23. The second-order valence-corrected chi connectivity index (χ2v) is 6.36. The monoisotopic (exact) mass is 375 g/mol. The average Bonchev–Trinajstić information content (AvgIpc) is 3.24. The van der Waals surface area contributed by atoms with Crippen LogP contribution in [0.5, 0.6) is 5.75 Å². The quantitative estimate of drug-likeness (QED) is 0.611. The normalized spacial score (nSPS) is 12.0. The van der Waals surface area contributed by atoms with Crippen molar-refractivity contribution in [3.63, 3.8) is 0 Å². The first-order valence-corrected chi connectivity index (χ1v) is 8.68. The second kappa shape index (κ2) is 7.52. The van der Waals surface area contributed by atoms with Crippen molar-refractivity contribution in [2.75, 3.05) is 7.11 Å². The van der Waals surface area contributed by atoms with Crippen LogP contribution in [0.4, 0.5) is 0 Å². The maximum Gasteiger partial charge on any atom is 0.326 e. The van der Waals surface area contributed by atoms with Gasteiger partial charge in [0.25, 0.3) is 5.89 Å². The molecule has 0 fully saturated rings. The maximum atomic E-state index is 12.1. The molecule has 0 bridgehead atoms. The van der Waals surface area contributed by atoms with E-state index < -0.39 is 12.1 Å². The van der Waals surface area contributed by atoms with Gasteiger partial charge in [-0.2, -0.15) is 0 Å². The van der Waals surface area contributed by atoms with E-state index >= 15 is 0 Å². The zero-order valence-electron chi connectivity index (χ0n) is 14.5. The van der Waals surface area contributed by atoms with Crippen molar-refractivity contribution in [1.29, 1.82) is 0 Å². The highest BCUT2D eigenvalue weighted by molar-refractivity contribution is 7.07. The molecule has 0 spiro atoms. The van der Waals surface area contributed by atoms with E-state index in [0.717, 1.165) is 22.6 Å². The summed E-state index contributed by atoms with van der Waals surface area (Å²) in [5.74, 6) is 0.661. The maximum absolute atomic E-state index is 12.1. The number of rotatable bonds is 6. The minimum Gasteiger partial charge on any atom is -0.497 e. The molecular weight excluding hydrogens is 358 g/mol. The Morgan fingerprint density at radius 3 is 2.65 bits per heavy atom. The number of methoxy groups -OCH3 is 1. The predicted molar refractivity (Wildman–Crippen MR) is 94.1 cm³/mol. The zero-order valence-corrected chi connectivity index (χ0v) is 15.3. The number of benzene rings is 1. The van der Waals surface area contributed by atoms with Crippen molar-refractivity contribution >= 4 is 17.3 Å². The molecule has 2 aromatic heterocycles. The van der Waals surface area contributed by atoms with E-state index in [0.29, 0.717) is 11.6 Å². The summed E-state index contributed by atoms with van der Waals surface area (Å²) < 4.78 is 17.3. The average molecular weight is 375 g/mol. The highest BCUT2D eigenvalue weighted by atomic mass is 32.1. The zero-order chi connectivity index (χ0) is 18.7. The second-order valence-electron chi connectivity index (χ2n) is 5.54. The van der Waals surface area contributed by atoms with E-state index in [9.17, 15) is 9.59 Å². The van der Waals surface area contributed by atoms with Gasteiger partial charge in [-0.3, -0.25) is 14.2 Å². The number of hydrogen-bond acceptors (Lipinski definition) is 8. The Bertz CT molecular complexity index is 957. The Labute approximate surface area is 153 Å². The Morgan fingerprint density at radius 2 is 2.04 bits per heavy atom. The van der Waals surface area contributed by atoms with Crippen LogP contribution in [0, 0.1) is 6.92 Å². The minimum atomic E-state index is -0.725. The van der Waals surface area contributed by atoms with Gasteiger partial charge in [0.15, 0.2) is 6.10 Å². The van der Waals surface area contributed by atoms with E-state index in [1.807, 2.05) is 0 Å². The van der Waals surface area contributed by atoms with Crippen LogP contribution < -0.4 is 9.61 Å². The highest BCUT2D eigenvalue weighted by Gasteiger charge is 2.20. The molecule has 0 N–H and O–H groups in total. The number of ether oxygens (including phenoxy) is 2. The number of hydrogen-bond donors (Lipinski definition) is 0. The topological polar surface area (TPSA) is 96.5 Å². The van der Waals surface area contributed by atoms with Crippen LogP contribution in [-0.2, 0) is 16.1 Å². The largest absolute Gasteiger partial charge is 0.497 e. The van der Waals surface area contributed by atoms with Gasteiger partial charge >= 0.3 is 10.8 Å². The van der Waals surface area contributed by atoms with Gasteiger partial charge in [-0.25, -0.2) is 0 Å². The number of carbonyl (C=O) groups is 1. The molecule has 26 heavy (non-hydrogen) atoms. The van der Waals surface area contributed by atoms with E-state index in [2.05, 4.69) is 10.2 Å². The third-order valence-electron chi connectivity index (χ3n) is 3.70. The summed E-state index contributed by atoms with van der Waals surface area (Å²) in [5.41, 5.74) is 1.44. The lowest BCUT2D eigenvalue weighted by molar-refractivity contribution is -0.150. The summed E-state index contributed by atoms with van der Waals surface area (Å²) in [6.07, 6.45) is -0.725. The Hall–Kier alpha value is -2.94. The molecule has 0 amide bonds. The van der Waals surface area contributed by atoms with Gasteiger partial charge in [-0.05, 0) is 38.1 Å². The van der Waals surface area contributed by atoms with Crippen LogP contribution in [-0.4, -0.2) is 27.8 Å². The van der Waals surface area contributed by atoms with E-state index in [4.69, 9.17) is 13.9 Å². The van der Waals surface area contributed by atoms with E-state index in [1.165, 1.54) is 4.57 Å². The van der Waals surface area contributed by atoms with Gasteiger partial charge in [-0.1, -0.05) is 11.3 Å². The van der Waals surface area contributed by atoms with Crippen LogP contribution >= 0.6 is 11.3 Å². The third kappa shape index (κ3) is 3.83. The summed E-state index contributed by atoms with van der Waals surface area (Å²) in [7, 11) is 1.58. The smallest absolute Gasteiger partial charge is 0.326 e. The number of carbonyl (C=O) groups excluding carboxylic acids is 1. The molecule has 3 rings (SSSR count). The molecule has 9 heteroatoms. The molecule has 0 aliphatic carbocycles. The number of thiazole rings is 1. The minimum absolute atomic E-state index is 0.155. The van der Waals surface area contributed by atoms with Crippen molar-refractivity contribution in [2.45, 2.75) is 26.5 Å². The van der Waals surface area contributed by atoms with Crippen LogP contribution in [0.2, 0.25) is 0 Å². The van der Waals surface area contributed by atoms with Crippen molar-refractivity contribution in [3.8, 4) is 17.2 Å². The molecule has 1 aromatic carbocycles. The van der Waals surface area contributed by atoms with Crippen LogP contribution in [0.1, 0.15) is 24.6 Å². The molecule has 0 saturated carbocycles. The molecule has 8 nitrogen and oxygen atoms in total. The Kier molecular flexibility index (Phi) is 5.17. The number of aromatic nitrogens is 3.